The van der Waals surface area contributed by atoms with Crippen molar-refractivity contribution in [3.8, 4) is 17.3 Å². The van der Waals surface area contributed by atoms with Gasteiger partial charge >= 0.3 is 0 Å². The van der Waals surface area contributed by atoms with Crippen LogP contribution in [0.2, 0.25) is 0 Å². The third-order valence-corrected chi connectivity index (χ3v) is 6.88. The normalized spacial score (nSPS) is 17.2. The molecule has 1 N–H and O–H groups in total. The molecular formula is C23H27N5O4S. The zero-order valence-corrected chi connectivity index (χ0v) is 19.5. The molecule has 1 aliphatic heterocycles. The molecule has 0 radical (unpaired) electrons. The van der Waals surface area contributed by atoms with Crippen LogP contribution in [0.3, 0.4) is 0 Å². The highest BCUT2D eigenvalue weighted by molar-refractivity contribution is 7.90. The van der Waals surface area contributed by atoms with E-state index in [-0.39, 0.29) is 12.4 Å². The first-order valence-corrected chi connectivity index (χ1v) is 13.1. The lowest BCUT2D eigenvalue weighted by Crippen LogP contribution is -2.49. The lowest BCUT2D eigenvalue weighted by molar-refractivity contribution is 0.301. The minimum Gasteiger partial charge on any atom is -0.477 e. The number of rotatable bonds is 7. The van der Waals surface area contributed by atoms with E-state index >= 15 is 0 Å². The van der Waals surface area contributed by atoms with E-state index in [4.69, 9.17) is 9.15 Å². The number of anilines is 1. The summed E-state index contributed by atoms with van der Waals surface area (Å²) in [6.45, 7) is 5.34. The smallest absolute Gasteiger partial charge is 0.231 e. The van der Waals surface area contributed by atoms with Crippen molar-refractivity contribution in [1.82, 2.24) is 19.9 Å². The zero-order chi connectivity index (χ0) is 23.0. The van der Waals surface area contributed by atoms with Crippen molar-refractivity contribution in [2.45, 2.75) is 19.4 Å². The fraction of sp³-hybridized carbons (Fsp3) is 0.391. The van der Waals surface area contributed by atoms with Crippen LogP contribution in [-0.4, -0.2) is 67.3 Å². The van der Waals surface area contributed by atoms with E-state index in [9.17, 15) is 8.42 Å². The molecule has 0 saturated carbocycles. The van der Waals surface area contributed by atoms with E-state index in [2.05, 4.69) is 33.3 Å². The molecule has 0 amide bonds. The Labute approximate surface area is 192 Å². The molecule has 1 aliphatic rings. The van der Waals surface area contributed by atoms with Crippen molar-refractivity contribution >= 4 is 32.1 Å². The van der Waals surface area contributed by atoms with Gasteiger partial charge in [-0.1, -0.05) is 6.07 Å². The molecule has 174 valence electrons. The van der Waals surface area contributed by atoms with Crippen LogP contribution in [0, 0.1) is 0 Å². The van der Waals surface area contributed by atoms with Crippen molar-refractivity contribution in [2.75, 3.05) is 43.1 Å². The quantitative estimate of drug-likeness (QED) is 0.412. The van der Waals surface area contributed by atoms with Crippen molar-refractivity contribution < 1.29 is 17.6 Å². The Morgan fingerprint density at radius 1 is 1.27 bits per heavy atom. The van der Waals surface area contributed by atoms with Gasteiger partial charge in [0.25, 0.3) is 0 Å². The summed E-state index contributed by atoms with van der Waals surface area (Å²) in [5.41, 5.74) is 3.37. The van der Waals surface area contributed by atoms with Crippen LogP contribution in [0.1, 0.15) is 13.3 Å². The Hall–Kier alpha value is -3.11. The summed E-state index contributed by atoms with van der Waals surface area (Å²) in [5, 5.41) is 9.04. The van der Waals surface area contributed by atoms with Crippen LogP contribution < -0.4 is 15.0 Å². The predicted molar refractivity (Wildman–Crippen MR) is 128 cm³/mol. The first kappa shape index (κ1) is 21.7. The summed E-state index contributed by atoms with van der Waals surface area (Å²) in [6, 6.07) is 12.1. The molecule has 33 heavy (non-hydrogen) atoms. The van der Waals surface area contributed by atoms with Gasteiger partial charge in [-0.15, -0.1) is 5.10 Å². The van der Waals surface area contributed by atoms with E-state index in [0.29, 0.717) is 29.8 Å². The third-order valence-electron chi connectivity index (χ3n) is 5.85. The number of sulfone groups is 1. The van der Waals surface area contributed by atoms with Crippen LogP contribution >= 0.6 is 0 Å². The van der Waals surface area contributed by atoms with Gasteiger partial charge in [0, 0.05) is 49.1 Å². The number of nitrogens with one attached hydrogen (secondary N) is 1. The molecule has 9 nitrogen and oxygen atoms in total. The maximum absolute atomic E-state index is 11.3. The van der Waals surface area contributed by atoms with Gasteiger partial charge in [-0.2, -0.15) is 0 Å². The maximum atomic E-state index is 11.3. The SMILES string of the molecule is CC1CNCCN1c1cccc2oc(-c3cnc4ccc(OCCCS(C)(=O)=O)nn34)cc12. The van der Waals surface area contributed by atoms with Crippen LogP contribution in [-0.2, 0) is 9.84 Å². The molecule has 4 heterocycles. The average molecular weight is 470 g/mol. The second-order valence-electron chi connectivity index (χ2n) is 8.46. The van der Waals surface area contributed by atoms with Gasteiger partial charge in [0.2, 0.25) is 5.88 Å². The van der Waals surface area contributed by atoms with E-state index < -0.39 is 9.84 Å². The Bertz CT molecular complexity index is 1390. The Morgan fingerprint density at radius 2 is 2.15 bits per heavy atom. The van der Waals surface area contributed by atoms with Gasteiger partial charge in [0.1, 0.15) is 21.1 Å². The molecule has 1 fully saturated rings. The van der Waals surface area contributed by atoms with E-state index in [1.807, 2.05) is 24.3 Å². The molecule has 4 aromatic rings. The highest BCUT2D eigenvalue weighted by Crippen LogP contribution is 2.35. The number of benzene rings is 1. The second-order valence-corrected chi connectivity index (χ2v) is 10.7. The Balaban J connectivity index is 1.45. The zero-order valence-electron chi connectivity index (χ0n) is 18.7. The second kappa shape index (κ2) is 8.68. The van der Waals surface area contributed by atoms with Crippen molar-refractivity contribution in [1.29, 1.82) is 0 Å². The first-order chi connectivity index (χ1) is 15.9. The fourth-order valence-electron chi connectivity index (χ4n) is 4.22. The highest BCUT2D eigenvalue weighted by Gasteiger charge is 2.22. The van der Waals surface area contributed by atoms with Gasteiger partial charge < -0.3 is 19.4 Å². The van der Waals surface area contributed by atoms with Gasteiger partial charge in [0.15, 0.2) is 11.4 Å². The topological polar surface area (TPSA) is 102 Å². The standard InChI is InChI=1S/C23H27N5O4S/c1-16-14-24-9-10-27(16)18-5-3-6-20-17(18)13-21(32-20)19-15-25-22-7-8-23(26-28(19)22)31-11-4-12-33(2,29)30/h3,5-8,13,15-16,24H,4,9-12,14H2,1-2H3. The van der Waals surface area contributed by atoms with E-state index in [0.717, 1.165) is 42.0 Å². The summed E-state index contributed by atoms with van der Waals surface area (Å²) in [5.74, 6) is 1.16. The molecule has 0 bridgehead atoms. The highest BCUT2D eigenvalue weighted by atomic mass is 32.2. The first-order valence-electron chi connectivity index (χ1n) is 11.0. The number of hydrogen-bond donors (Lipinski definition) is 1. The lowest BCUT2D eigenvalue weighted by Gasteiger charge is -2.36. The number of nitrogens with zero attached hydrogens (tertiary/aromatic N) is 4. The summed E-state index contributed by atoms with van der Waals surface area (Å²) in [7, 11) is -3.01. The van der Waals surface area contributed by atoms with Crippen LogP contribution in [0.25, 0.3) is 28.1 Å². The summed E-state index contributed by atoms with van der Waals surface area (Å²) >= 11 is 0. The van der Waals surface area contributed by atoms with Gasteiger partial charge in [0.05, 0.1) is 18.6 Å². The fourth-order valence-corrected chi connectivity index (χ4v) is 4.86. The lowest BCUT2D eigenvalue weighted by atomic mass is 10.1. The van der Waals surface area contributed by atoms with Crippen LogP contribution in [0.4, 0.5) is 5.69 Å². The Morgan fingerprint density at radius 3 is 2.97 bits per heavy atom. The van der Waals surface area contributed by atoms with E-state index in [1.165, 1.54) is 6.26 Å². The largest absolute Gasteiger partial charge is 0.477 e. The van der Waals surface area contributed by atoms with Gasteiger partial charge in [-0.25, -0.2) is 17.9 Å². The number of hydrogen-bond acceptors (Lipinski definition) is 8. The molecule has 3 aromatic heterocycles. The molecule has 0 spiro atoms. The molecule has 10 heteroatoms. The van der Waals surface area contributed by atoms with Crippen molar-refractivity contribution in [3.63, 3.8) is 0 Å². The molecule has 1 saturated heterocycles. The van der Waals surface area contributed by atoms with Crippen molar-refractivity contribution in [3.05, 3.63) is 42.6 Å². The molecule has 1 unspecified atom stereocenters. The van der Waals surface area contributed by atoms with E-state index in [1.54, 1.807) is 16.8 Å². The number of imidazole rings is 1. The number of aromatic nitrogens is 3. The molecule has 5 rings (SSSR count). The average Bonchev–Trinajstić information content (AvgIpc) is 3.40. The summed E-state index contributed by atoms with van der Waals surface area (Å²) in [6.07, 6.45) is 3.36. The number of fused-ring (bicyclic) bond motifs is 2. The molecule has 1 aromatic carbocycles. The molecule has 1 atom stereocenters. The van der Waals surface area contributed by atoms with Crippen LogP contribution in [0.5, 0.6) is 5.88 Å². The predicted octanol–water partition coefficient (Wildman–Crippen LogP) is 2.75. The summed E-state index contributed by atoms with van der Waals surface area (Å²) in [4.78, 5) is 6.86. The van der Waals surface area contributed by atoms with Crippen LogP contribution in [0.15, 0.2) is 47.0 Å². The minimum atomic E-state index is -3.01. The minimum absolute atomic E-state index is 0.0819. The van der Waals surface area contributed by atoms with Gasteiger partial charge in [-0.3, -0.25) is 0 Å². The monoisotopic (exact) mass is 469 g/mol. The van der Waals surface area contributed by atoms with Crippen molar-refractivity contribution in [2.24, 2.45) is 0 Å². The number of piperazine rings is 1. The summed E-state index contributed by atoms with van der Waals surface area (Å²) < 4.78 is 36.2. The van der Waals surface area contributed by atoms with Gasteiger partial charge in [-0.05, 0) is 37.6 Å². The molecule has 0 aliphatic carbocycles. The molecular weight excluding hydrogens is 442 g/mol. The number of ether oxygens (including phenoxy) is 1. The third kappa shape index (κ3) is 4.53. The number of furan rings is 1. The Kier molecular flexibility index (Phi) is 5.71. The maximum Gasteiger partial charge on any atom is 0.231 e.